The molecule has 5 rings (SSSR count). The maximum Gasteiger partial charge on any atom is 0.118 e. The van der Waals surface area contributed by atoms with Crippen molar-refractivity contribution in [3.05, 3.63) is 95.6 Å². The van der Waals surface area contributed by atoms with Crippen molar-refractivity contribution in [3.8, 4) is 5.75 Å². The molecule has 0 unspecified atom stereocenters. The van der Waals surface area contributed by atoms with Gasteiger partial charge in [0.05, 0.1) is 25.8 Å². The number of anilines is 1. The molecule has 2 aliphatic rings. The molecule has 3 aromatic rings. The van der Waals surface area contributed by atoms with Crippen molar-refractivity contribution >= 4 is 5.69 Å². The van der Waals surface area contributed by atoms with Gasteiger partial charge in [0.25, 0.3) is 0 Å². The van der Waals surface area contributed by atoms with Gasteiger partial charge in [0, 0.05) is 23.7 Å². The van der Waals surface area contributed by atoms with Gasteiger partial charge in [-0.05, 0) is 48.2 Å². The number of nitrogens with one attached hydrogen (secondary N) is 1. The van der Waals surface area contributed by atoms with Gasteiger partial charge in [-0.15, -0.1) is 0 Å². The van der Waals surface area contributed by atoms with Crippen molar-refractivity contribution < 1.29 is 9.84 Å². The van der Waals surface area contributed by atoms with Crippen molar-refractivity contribution in [1.29, 1.82) is 0 Å². The van der Waals surface area contributed by atoms with Crippen LogP contribution in [0.2, 0.25) is 0 Å². The molecule has 160 valence electrons. The highest BCUT2D eigenvalue weighted by atomic mass is 16.5. The molecule has 3 aromatic carbocycles. The molecular weight excluding hydrogens is 384 g/mol. The van der Waals surface area contributed by atoms with E-state index < -0.39 is 0 Å². The minimum atomic E-state index is -0.0488. The fourth-order valence-electron chi connectivity index (χ4n) is 5.78. The quantitative estimate of drug-likeness (QED) is 0.622. The monoisotopic (exact) mass is 414 g/mol. The Morgan fingerprint density at radius 1 is 1.03 bits per heavy atom. The van der Waals surface area contributed by atoms with Crippen LogP contribution in [0.25, 0.3) is 0 Å². The first-order valence-electron chi connectivity index (χ1n) is 11.1. The molecule has 2 aliphatic heterocycles. The molecule has 0 aliphatic carbocycles. The Kier molecular flexibility index (Phi) is 5.20. The van der Waals surface area contributed by atoms with E-state index in [9.17, 15) is 5.11 Å². The summed E-state index contributed by atoms with van der Waals surface area (Å²) in [5, 5.41) is 14.2. The number of benzene rings is 3. The highest BCUT2D eigenvalue weighted by Crippen LogP contribution is 2.56. The molecule has 2 N–H and O–H groups in total. The Morgan fingerprint density at radius 2 is 1.74 bits per heavy atom. The average molecular weight is 415 g/mol. The third-order valence-electron chi connectivity index (χ3n) is 7.21. The summed E-state index contributed by atoms with van der Waals surface area (Å²) < 4.78 is 5.38. The van der Waals surface area contributed by atoms with Gasteiger partial charge in [-0.3, -0.25) is 4.90 Å². The van der Waals surface area contributed by atoms with Crippen LogP contribution >= 0.6 is 0 Å². The van der Waals surface area contributed by atoms with E-state index in [1.54, 1.807) is 7.11 Å². The molecule has 0 radical (unpaired) electrons. The Bertz CT molecular complexity index is 1040. The number of hydrogen-bond donors (Lipinski definition) is 2. The minimum absolute atomic E-state index is 0.000135. The fourth-order valence-corrected chi connectivity index (χ4v) is 5.78. The van der Waals surface area contributed by atoms with E-state index in [4.69, 9.17) is 4.74 Å². The lowest BCUT2D eigenvalue weighted by molar-refractivity contribution is 0.113. The summed E-state index contributed by atoms with van der Waals surface area (Å²) in [4.78, 5) is 2.50. The summed E-state index contributed by atoms with van der Waals surface area (Å²) in [6, 6.07) is 28.1. The zero-order valence-corrected chi connectivity index (χ0v) is 18.2. The third-order valence-corrected chi connectivity index (χ3v) is 7.21. The van der Waals surface area contributed by atoms with Crippen LogP contribution in [0.5, 0.6) is 5.75 Å². The van der Waals surface area contributed by atoms with E-state index in [1.807, 2.05) is 18.2 Å². The second-order valence-electron chi connectivity index (χ2n) is 8.89. The van der Waals surface area contributed by atoms with Crippen LogP contribution in [-0.4, -0.2) is 36.3 Å². The first-order valence-corrected chi connectivity index (χ1v) is 11.1. The second-order valence-corrected chi connectivity index (χ2v) is 8.89. The van der Waals surface area contributed by atoms with Crippen LogP contribution in [0.3, 0.4) is 0 Å². The Labute approximate surface area is 184 Å². The van der Waals surface area contributed by atoms with Crippen molar-refractivity contribution in [2.45, 2.75) is 36.9 Å². The van der Waals surface area contributed by atoms with Gasteiger partial charge in [0.2, 0.25) is 0 Å². The smallest absolute Gasteiger partial charge is 0.118 e. The van der Waals surface area contributed by atoms with Crippen molar-refractivity contribution in [3.63, 3.8) is 0 Å². The molecule has 4 heteroatoms. The molecule has 0 saturated carbocycles. The predicted octanol–water partition coefficient (Wildman–Crippen LogP) is 4.93. The first kappa shape index (κ1) is 20.1. The molecule has 0 bridgehead atoms. The number of para-hydroxylation sites is 1. The van der Waals surface area contributed by atoms with Crippen LogP contribution in [0, 0.1) is 0 Å². The zero-order valence-electron chi connectivity index (χ0n) is 18.2. The van der Waals surface area contributed by atoms with Gasteiger partial charge in [-0.2, -0.15) is 0 Å². The molecule has 0 aromatic heterocycles. The molecule has 0 amide bonds. The first-order chi connectivity index (χ1) is 15.2. The van der Waals surface area contributed by atoms with E-state index in [-0.39, 0.29) is 24.1 Å². The summed E-state index contributed by atoms with van der Waals surface area (Å²) in [6.07, 6.45) is 1.04. The zero-order chi connectivity index (χ0) is 21.4. The number of methoxy groups -OCH3 is 1. The summed E-state index contributed by atoms with van der Waals surface area (Å²) in [7, 11) is 1.70. The topological polar surface area (TPSA) is 44.7 Å². The van der Waals surface area contributed by atoms with Gasteiger partial charge in [0.1, 0.15) is 5.75 Å². The SMILES string of the molecule is COc1ccc([C@H]2Nc3ccccc3[C@]23C[C@H](C)N([C@@H](CO)c2ccccc2)C3)cc1. The second kappa shape index (κ2) is 8.03. The van der Waals surface area contributed by atoms with Crippen LogP contribution in [0.15, 0.2) is 78.9 Å². The van der Waals surface area contributed by atoms with E-state index >= 15 is 0 Å². The van der Waals surface area contributed by atoms with Crippen LogP contribution in [-0.2, 0) is 5.41 Å². The molecule has 1 spiro atoms. The number of likely N-dealkylation sites (tertiary alicyclic amines) is 1. The van der Waals surface area contributed by atoms with Crippen molar-refractivity contribution in [2.24, 2.45) is 0 Å². The molecule has 2 heterocycles. The number of aliphatic hydroxyl groups is 1. The lowest BCUT2D eigenvalue weighted by Gasteiger charge is -2.34. The largest absolute Gasteiger partial charge is 0.497 e. The molecule has 31 heavy (non-hydrogen) atoms. The molecule has 4 nitrogen and oxygen atoms in total. The summed E-state index contributed by atoms with van der Waals surface area (Å²) in [5.41, 5.74) is 5.00. The standard InChI is InChI=1S/C27H30N2O2/c1-19-16-27(18-29(19)25(17-30)20-8-4-3-5-9-20)23-10-6-7-11-24(23)28-26(27)21-12-14-22(31-2)15-13-21/h3-15,19,25-26,28,30H,16-18H2,1-2H3/t19-,25-,26+,27+/m0/s1. The van der Waals surface area contributed by atoms with Gasteiger partial charge >= 0.3 is 0 Å². The van der Waals surface area contributed by atoms with E-state index in [2.05, 4.69) is 77.8 Å². The Balaban J connectivity index is 1.55. The molecule has 4 atom stereocenters. The van der Waals surface area contributed by atoms with Gasteiger partial charge < -0.3 is 15.2 Å². The van der Waals surface area contributed by atoms with Crippen LogP contribution in [0.1, 0.15) is 42.1 Å². The average Bonchev–Trinajstić information content (AvgIpc) is 3.32. The normalized spacial score (nSPS) is 25.9. The number of fused-ring (bicyclic) bond motifs is 2. The lowest BCUT2D eigenvalue weighted by Crippen LogP contribution is -2.38. The maximum absolute atomic E-state index is 10.4. The fraction of sp³-hybridized carbons (Fsp3) is 0.333. The highest BCUT2D eigenvalue weighted by Gasteiger charge is 2.54. The maximum atomic E-state index is 10.4. The van der Waals surface area contributed by atoms with Crippen molar-refractivity contribution in [2.75, 3.05) is 25.6 Å². The van der Waals surface area contributed by atoms with Gasteiger partial charge in [-0.1, -0.05) is 60.7 Å². The van der Waals surface area contributed by atoms with E-state index in [1.165, 1.54) is 22.4 Å². The number of ether oxygens (including phenoxy) is 1. The summed E-state index contributed by atoms with van der Waals surface area (Å²) in [6.45, 7) is 3.31. The molecular formula is C27H30N2O2. The number of hydrogen-bond acceptors (Lipinski definition) is 4. The van der Waals surface area contributed by atoms with E-state index in [0.29, 0.717) is 6.04 Å². The number of nitrogens with zero attached hydrogens (tertiary/aromatic N) is 1. The van der Waals surface area contributed by atoms with E-state index in [0.717, 1.165) is 18.7 Å². The molecule has 1 fully saturated rings. The van der Waals surface area contributed by atoms with Gasteiger partial charge in [0.15, 0.2) is 0 Å². The van der Waals surface area contributed by atoms with Crippen LogP contribution in [0.4, 0.5) is 5.69 Å². The van der Waals surface area contributed by atoms with Gasteiger partial charge in [-0.25, -0.2) is 0 Å². The molecule has 1 saturated heterocycles. The minimum Gasteiger partial charge on any atom is -0.497 e. The lowest BCUT2D eigenvalue weighted by atomic mass is 9.72. The van der Waals surface area contributed by atoms with Crippen LogP contribution < -0.4 is 10.1 Å². The predicted molar refractivity (Wildman–Crippen MR) is 125 cm³/mol. The number of aliphatic hydroxyl groups excluding tert-OH is 1. The number of rotatable bonds is 5. The Morgan fingerprint density at radius 3 is 2.45 bits per heavy atom. The third kappa shape index (κ3) is 3.31. The van der Waals surface area contributed by atoms with Crippen molar-refractivity contribution in [1.82, 2.24) is 4.90 Å². The summed E-state index contributed by atoms with van der Waals surface area (Å²) >= 11 is 0. The summed E-state index contributed by atoms with van der Waals surface area (Å²) in [5.74, 6) is 0.874. The highest BCUT2D eigenvalue weighted by molar-refractivity contribution is 5.64. The Hall–Kier alpha value is -2.82.